The van der Waals surface area contributed by atoms with Gasteiger partial charge in [-0.1, -0.05) is 11.6 Å². The Bertz CT molecular complexity index is 367. The van der Waals surface area contributed by atoms with E-state index in [-0.39, 0.29) is 17.9 Å². The summed E-state index contributed by atoms with van der Waals surface area (Å²) in [5.74, 6) is -0.0760. The zero-order chi connectivity index (χ0) is 12.3. The molecular formula is C11H17ClN2OS. The predicted molar refractivity (Wildman–Crippen MR) is 69.0 cm³/mol. The van der Waals surface area contributed by atoms with Crippen LogP contribution in [-0.2, 0) is 4.79 Å². The second-order valence-corrected chi connectivity index (χ2v) is 5.64. The lowest BCUT2D eigenvalue weighted by molar-refractivity contribution is -0.132. The molecule has 0 saturated heterocycles. The monoisotopic (exact) mass is 260 g/mol. The molecule has 1 heterocycles. The molecule has 0 aliphatic carbocycles. The number of nitrogens with two attached hydrogens (primary N) is 1. The van der Waals surface area contributed by atoms with Crippen molar-refractivity contribution in [2.24, 2.45) is 5.73 Å². The number of hydrogen-bond donors (Lipinski definition) is 1. The van der Waals surface area contributed by atoms with Crippen LogP contribution in [0.3, 0.4) is 0 Å². The molecule has 0 aromatic carbocycles. The molecule has 0 saturated carbocycles. The third kappa shape index (κ3) is 2.97. The number of likely N-dealkylation sites (N-methyl/N-ethyl adjacent to an activating group) is 1. The summed E-state index contributed by atoms with van der Waals surface area (Å²) in [6.45, 7) is 4.30. The summed E-state index contributed by atoms with van der Waals surface area (Å²) in [6.07, 6.45) is 0. The van der Waals surface area contributed by atoms with Crippen LogP contribution in [-0.4, -0.2) is 30.4 Å². The fraction of sp³-hybridized carbons (Fsp3) is 0.545. The molecule has 1 aromatic rings. The van der Waals surface area contributed by atoms with Gasteiger partial charge in [-0.2, -0.15) is 0 Å². The highest BCUT2D eigenvalue weighted by molar-refractivity contribution is 7.16. The zero-order valence-corrected chi connectivity index (χ0v) is 11.3. The molecule has 3 nitrogen and oxygen atoms in total. The molecule has 1 amide bonds. The van der Waals surface area contributed by atoms with Crippen molar-refractivity contribution in [3.05, 3.63) is 21.3 Å². The van der Waals surface area contributed by atoms with Crippen LogP contribution in [0.4, 0.5) is 0 Å². The van der Waals surface area contributed by atoms with Crippen molar-refractivity contribution in [2.75, 3.05) is 13.6 Å². The van der Waals surface area contributed by atoms with E-state index in [0.29, 0.717) is 10.9 Å². The Morgan fingerprint density at radius 2 is 2.19 bits per heavy atom. The van der Waals surface area contributed by atoms with E-state index < -0.39 is 0 Å². The summed E-state index contributed by atoms with van der Waals surface area (Å²) in [7, 11) is 1.78. The summed E-state index contributed by atoms with van der Waals surface area (Å²) < 4.78 is 0.712. The van der Waals surface area contributed by atoms with Crippen molar-refractivity contribution in [1.29, 1.82) is 0 Å². The zero-order valence-electron chi connectivity index (χ0n) is 9.74. The van der Waals surface area contributed by atoms with Crippen LogP contribution in [0.1, 0.15) is 24.6 Å². The summed E-state index contributed by atoms with van der Waals surface area (Å²) in [5.41, 5.74) is 5.54. The average Bonchev–Trinajstić information content (AvgIpc) is 2.71. The normalized spacial score (nSPS) is 14.6. The lowest BCUT2D eigenvalue weighted by Crippen LogP contribution is -2.41. The van der Waals surface area contributed by atoms with Crippen LogP contribution in [0.15, 0.2) is 12.1 Å². The number of carbonyl (C=O) groups excluding carboxylic acids is 1. The second kappa shape index (κ2) is 5.66. The summed E-state index contributed by atoms with van der Waals surface area (Å²) in [6, 6.07) is 3.78. The first-order valence-corrected chi connectivity index (χ1v) is 6.38. The van der Waals surface area contributed by atoms with Crippen molar-refractivity contribution >= 4 is 28.8 Å². The molecule has 2 atom stereocenters. The first-order valence-electron chi connectivity index (χ1n) is 5.19. The first-order chi connectivity index (χ1) is 7.47. The van der Waals surface area contributed by atoms with Crippen LogP contribution in [0, 0.1) is 0 Å². The average molecular weight is 261 g/mol. The van der Waals surface area contributed by atoms with Crippen molar-refractivity contribution in [3.8, 4) is 0 Å². The standard InChI is InChI=1S/C11H17ClN2OS/c1-7(6-13)14(3)11(15)8(2)9-4-5-10(12)16-9/h4-5,7-8H,6,13H2,1-3H3. The van der Waals surface area contributed by atoms with Crippen molar-refractivity contribution in [2.45, 2.75) is 25.8 Å². The molecule has 0 radical (unpaired) electrons. The summed E-state index contributed by atoms with van der Waals surface area (Å²) >= 11 is 7.30. The third-order valence-electron chi connectivity index (χ3n) is 2.74. The molecule has 0 spiro atoms. The van der Waals surface area contributed by atoms with Gasteiger partial charge < -0.3 is 10.6 Å². The van der Waals surface area contributed by atoms with E-state index in [2.05, 4.69) is 0 Å². The van der Waals surface area contributed by atoms with Gasteiger partial charge in [0.1, 0.15) is 0 Å². The number of amides is 1. The molecule has 0 aliphatic heterocycles. The van der Waals surface area contributed by atoms with Gasteiger partial charge in [0, 0.05) is 24.5 Å². The quantitative estimate of drug-likeness (QED) is 0.903. The maximum absolute atomic E-state index is 12.1. The van der Waals surface area contributed by atoms with Crippen LogP contribution >= 0.6 is 22.9 Å². The van der Waals surface area contributed by atoms with Crippen molar-refractivity contribution in [1.82, 2.24) is 4.90 Å². The fourth-order valence-electron chi connectivity index (χ4n) is 1.36. The van der Waals surface area contributed by atoms with Crippen LogP contribution in [0.2, 0.25) is 4.34 Å². The number of nitrogens with zero attached hydrogens (tertiary/aromatic N) is 1. The highest BCUT2D eigenvalue weighted by atomic mass is 35.5. The molecule has 2 N–H and O–H groups in total. The predicted octanol–water partition coefficient (Wildman–Crippen LogP) is 2.31. The highest BCUT2D eigenvalue weighted by Crippen LogP contribution is 2.29. The maximum Gasteiger partial charge on any atom is 0.230 e. The molecule has 5 heteroatoms. The lowest BCUT2D eigenvalue weighted by atomic mass is 10.1. The number of hydrogen-bond acceptors (Lipinski definition) is 3. The van der Waals surface area contributed by atoms with Crippen LogP contribution < -0.4 is 5.73 Å². The van der Waals surface area contributed by atoms with E-state index >= 15 is 0 Å². The van der Waals surface area contributed by atoms with Gasteiger partial charge in [0.15, 0.2) is 0 Å². The Kier molecular flexibility index (Phi) is 4.77. The Morgan fingerprint density at radius 1 is 1.56 bits per heavy atom. The Morgan fingerprint density at radius 3 is 2.62 bits per heavy atom. The Hall–Kier alpha value is -0.580. The minimum absolute atomic E-state index is 0.0605. The van der Waals surface area contributed by atoms with E-state index in [9.17, 15) is 4.79 Å². The van der Waals surface area contributed by atoms with Gasteiger partial charge >= 0.3 is 0 Å². The van der Waals surface area contributed by atoms with Crippen LogP contribution in [0.5, 0.6) is 0 Å². The number of halogens is 1. The smallest absolute Gasteiger partial charge is 0.230 e. The van der Waals surface area contributed by atoms with Crippen molar-refractivity contribution in [3.63, 3.8) is 0 Å². The van der Waals surface area contributed by atoms with E-state index in [1.807, 2.05) is 26.0 Å². The molecule has 0 aliphatic rings. The SMILES string of the molecule is CC(C(=O)N(C)C(C)CN)c1ccc(Cl)s1. The molecule has 0 fully saturated rings. The van der Waals surface area contributed by atoms with Gasteiger partial charge in [-0.15, -0.1) is 11.3 Å². The van der Waals surface area contributed by atoms with Gasteiger partial charge in [0.25, 0.3) is 0 Å². The fourth-order valence-corrected chi connectivity index (χ4v) is 2.47. The van der Waals surface area contributed by atoms with Gasteiger partial charge in [-0.25, -0.2) is 0 Å². The molecule has 90 valence electrons. The molecule has 1 rings (SSSR count). The largest absolute Gasteiger partial charge is 0.341 e. The van der Waals surface area contributed by atoms with Crippen molar-refractivity contribution < 1.29 is 4.79 Å². The van der Waals surface area contributed by atoms with Gasteiger partial charge in [0.2, 0.25) is 5.91 Å². The minimum atomic E-state index is -0.156. The first kappa shape index (κ1) is 13.5. The Labute approximate surface area is 105 Å². The van der Waals surface area contributed by atoms with E-state index in [1.165, 1.54) is 11.3 Å². The number of thiophene rings is 1. The van der Waals surface area contributed by atoms with Crippen LogP contribution in [0.25, 0.3) is 0 Å². The maximum atomic E-state index is 12.1. The molecule has 1 aromatic heterocycles. The third-order valence-corrected chi connectivity index (χ3v) is 4.15. The number of rotatable bonds is 4. The highest BCUT2D eigenvalue weighted by Gasteiger charge is 2.23. The summed E-state index contributed by atoms with van der Waals surface area (Å²) in [4.78, 5) is 14.8. The molecular weight excluding hydrogens is 244 g/mol. The second-order valence-electron chi connectivity index (χ2n) is 3.90. The van der Waals surface area contributed by atoms with Gasteiger partial charge in [-0.05, 0) is 26.0 Å². The van der Waals surface area contributed by atoms with Gasteiger partial charge in [-0.3, -0.25) is 4.79 Å². The Balaban J connectivity index is 2.74. The van der Waals surface area contributed by atoms with E-state index in [4.69, 9.17) is 17.3 Å². The topological polar surface area (TPSA) is 46.3 Å². The van der Waals surface area contributed by atoms with E-state index in [0.717, 1.165) is 4.88 Å². The molecule has 0 bridgehead atoms. The minimum Gasteiger partial charge on any atom is -0.341 e. The molecule has 2 unspecified atom stereocenters. The van der Waals surface area contributed by atoms with Gasteiger partial charge in [0.05, 0.1) is 10.3 Å². The summed E-state index contributed by atoms with van der Waals surface area (Å²) in [5, 5.41) is 0. The van der Waals surface area contributed by atoms with E-state index in [1.54, 1.807) is 11.9 Å². The molecule has 16 heavy (non-hydrogen) atoms. The number of carbonyl (C=O) groups is 1. The lowest BCUT2D eigenvalue weighted by Gasteiger charge is -2.26.